The Morgan fingerprint density at radius 3 is 2.70 bits per heavy atom. The Kier molecular flexibility index (Phi) is 3.40. The minimum absolute atomic E-state index is 0.401. The molecular weight excluding hydrogens is 276 g/mol. The lowest BCUT2D eigenvalue weighted by Crippen LogP contribution is -2.29. The van der Waals surface area contributed by atoms with Gasteiger partial charge in [-0.15, -0.1) is 0 Å². The SMILES string of the molecule is Cc1cnc(C(NN)c2cc3cc(Cl)ccc3o2)nc1. The van der Waals surface area contributed by atoms with E-state index in [1.807, 2.05) is 25.1 Å². The number of hydrogen-bond donors (Lipinski definition) is 2. The quantitative estimate of drug-likeness (QED) is 0.572. The first-order valence-corrected chi connectivity index (χ1v) is 6.49. The molecule has 20 heavy (non-hydrogen) atoms. The zero-order chi connectivity index (χ0) is 14.1. The Morgan fingerprint density at radius 1 is 1.25 bits per heavy atom. The average Bonchev–Trinajstić information content (AvgIpc) is 2.84. The van der Waals surface area contributed by atoms with Crippen LogP contribution in [0.15, 0.2) is 41.1 Å². The summed E-state index contributed by atoms with van der Waals surface area (Å²) >= 11 is 5.97. The molecule has 0 saturated carbocycles. The van der Waals surface area contributed by atoms with Gasteiger partial charge in [-0.25, -0.2) is 15.4 Å². The standard InChI is InChI=1S/C14H13ClN4O/c1-8-6-17-14(18-7-8)13(19-16)12-5-9-4-10(15)2-3-11(9)20-12/h2-7,13,19H,16H2,1H3. The van der Waals surface area contributed by atoms with E-state index in [1.54, 1.807) is 18.5 Å². The first-order valence-electron chi connectivity index (χ1n) is 6.11. The lowest BCUT2D eigenvalue weighted by molar-refractivity contribution is 0.464. The highest BCUT2D eigenvalue weighted by Gasteiger charge is 2.19. The van der Waals surface area contributed by atoms with Crippen LogP contribution in [0.25, 0.3) is 11.0 Å². The maximum atomic E-state index is 5.97. The van der Waals surface area contributed by atoms with E-state index in [2.05, 4.69) is 15.4 Å². The third-order valence-electron chi connectivity index (χ3n) is 3.01. The normalized spacial score (nSPS) is 12.8. The molecular formula is C14H13ClN4O. The minimum atomic E-state index is -0.401. The van der Waals surface area contributed by atoms with Crippen molar-refractivity contribution in [3.05, 3.63) is 58.8 Å². The largest absolute Gasteiger partial charge is 0.459 e. The second-order valence-corrected chi connectivity index (χ2v) is 4.99. The summed E-state index contributed by atoms with van der Waals surface area (Å²) in [4.78, 5) is 8.55. The van der Waals surface area contributed by atoms with Gasteiger partial charge in [-0.1, -0.05) is 11.6 Å². The van der Waals surface area contributed by atoms with Gasteiger partial charge in [-0.05, 0) is 36.8 Å². The number of fused-ring (bicyclic) bond motifs is 1. The van der Waals surface area contributed by atoms with E-state index >= 15 is 0 Å². The van der Waals surface area contributed by atoms with Crippen molar-refractivity contribution < 1.29 is 4.42 Å². The van der Waals surface area contributed by atoms with Crippen LogP contribution in [0, 0.1) is 6.92 Å². The fourth-order valence-corrected chi connectivity index (χ4v) is 2.19. The van der Waals surface area contributed by atoms with Crippen LogP contribution in [0.1, 0.15) is 23.2 Å². The molecule has 2 aromatic heterocycles. The Bertz CT molecular complexity index is 739. The summed E-state index contributed by atoms with van der Waals surface area (Å²) in [5, 5.41) is 1.58. The van der Waals surface area contributed by atoms with Crippen LogP contribution in [0.2, 0.25) is 5.02 Å². The van der Waals surface area contributed by atoms with Crippen LogP contribution in [-0.2, 0) is 0 Å². The van der Waals surface area contributed by atoms with Crippen molar-refractivity contribution in [1.82, 2.24) is 15.4 Å². The van der Waals surface area contributed by atoms with E-state index < -0.39 is 6.04 Å². The molecule has 6 heteroatoms. The van der Waals surface area contributed by atoms with E-state index in [0.29, 0.717) is 16.6 Å². The van der Waals surface area contributed by atoms with Crippen molar-refractivity contribution in [2.24, 2.45) is 5.84 Å². The van der Waals surface area contributed by atoms with E-state index in [0.717, 1.165) is 16.5 Å². The number of benzene rings is 1. The molecule has 0 aliphatic heterocycles. The number of halogens is 1. The van der Waals surface area contributed by atoms with Gasteiger partial charge in [-0.2, -0.15) is 0 Å². The Balaban J connectivity index is 2.04. The summed E-state index contributed by atoms with van der Waals surface area (Å²) in [5.74, 6) is 6.82. The summed E-state index contributed by atoms with van der Waals surface area (Å²) in [7, 11) is 0. The molecule has 0 fully saturated rings. The summed E-state index contributed by atoms with van der Waals surface area (Å²) in [6, 6.07) is 6.93. The molecule has 102 valence electrons. The predicted octanol–water partition coefficient (Wildman–Crippen LogP) is 2.74. The van der Waals surface area contributed by atoms with Crippen LogP contribution >= 0.6 is 11.6 Å². The van der Waals surface area contributed by atoms with Crippen molar-refractivity contribution in [3.63, 3.8) is 0 Å². The average molecular weight is 289 g/mol. The lowest BCUT2D eigenvalue weighted by atomic mass is 10.2. The number of aryl methyl sites for hydroxylation is 1. The number of rotatable bonds is 3. The van der Waals surface area contributed by atoms with Crippen LogP contribution < -0.4 is 11.3 Å². The summed E-state index contributed by atoms with van der Waals surface area (Å²) < 4.78 is 5.78. The highest BCUT2D eigenvalue weighted by atomic mass is 35.5. The smallest absolute Gasteiger partial charge is 0.154 e. The number of furan rings is 1. The Hall–Kier alpha value is -1.95. The molecule has 0 spiro atoms. The van der Waals surface area contributed by atoms with Crippen molar-refractivity contribution in [1.29, 1.82) is 0 Å². The Morgan fingerprint density at radius 2 is 2.00 bits per heavy atom. The van der Waals surface area contributed by atoms with E-state index in [9.17, 15) is 0 Å². The molecule has 3 rings (SSSR count). The molecule has 3 N–H and O–H groups in total. The summed E-state index contributed by atoms with van der Waals surface area (Å²) in [6.07, 6.45) is 3.48. The van der Waals surface area contributed by atoms with E-state index in [-0.39, 0.29) is 0 Å². The van der Waals surface area contributed by atoms with Gasteiger partial charge >= 0.3 is 0 Å². The third-order valence-corrected chi connectivity index (χ3v) is 3.24. The van der Waals surface area contributed by atoms with Gasteiger partial charge in [-0.3, -0.25) is 5.84 Å². The van der Waals surface area contributed by atoms with Crippen LogP contribution in [0.5, 0.6) is 0 Å². The van der Waals surface area contributed by atoms with Crippen molar-refractivity contribution >= 4 is 22.6 Å². The zero-order valence-corrected chi connectivity index (χ0v) is 11.6. The van der Waals surface area contributed by atoms with Gasteiger partial charge in [0.2, 0.25) is 0 Å². The second kappa shape index (κ2) is 5.20. The molecule has 0 saturated heterocycles. The third kappa shape index (κ3) is 2.38. The molecule has 2 heterocycles. The van der Waals surface area contributed by atoms with Gasteiger partial charge in [0.1, 0.15) is 17.4 Å². The monoisotopic (exact) mass is 288 g/mol. The van der Waals surface area contributed by atoms with E-state index in [4.69, 9.17) is 21.9 Å². The lowest BCUT2D eigenvalue weighted by Gasteiger charge is -2.11. The second-order valence-electron chi connectivity index (χ2n) is 4.55. The van der Waals surface area contributed by atoms with Gasteiger partial charge in [0.25, 0.3) is 0 Å². The fourth-order valence-electron chi connectivity index (χ4n) is 2.01. The van der Waals surface area contributed by atoms with E-state index in [1.165, 1.54) is 0 Å². The number of aromatic nitrogens is 2. The van der Waals surface area contributed by atoms with Gasteiger partial charge in [0, 0.05) is 22.8 Å². The first kappa shape index (κ1) is 13.1. The van der Waals surface area contributed by atoms with Crippen LogP contribution in [0.3, 0.4) is 0 Å². The summed E-state index contributed by atoms with van der Waals surface area (Å²) in [6.45, 7) is 1.93. The van der Waals surface area contributed by atoms with Gasteiger partial charge < -0.3 is 4.42 Å². The predicted molar refractivity (Wildman–Crippen MR) is 77.2 cm³/mol. The maximum absolute atomic E-state index is 5.97. The molecule has 0 aliphatic rings. The van der Waals surface area contributed by atoms with Crippen molar-refractivity contribution in [2.45, 2.75) is 13.0 Å². The van der Waals surface area contributed by atoms with Crippen molar-refractivity contribution in [2.75, 3.05) is 0 Å². The number of nitrogens with one attached hydrogen (secondary N) is 1. The van der Waals surface area contributed by atoms with Gasteiger partial charge in [0.15, 0.2) is 5.82 Å². The van der Waals surface area contributed by atoms with Crippen LogP contribution in [0.4, 0.5) is 0 Å². The topological polar surface area (TPSA) is 77.0 Å². The number of nitrogens with zero attached hydrogens (tertiary/aromatic N) is 2. The minimum Gasteiger partial charge on any atom is -0.459 e. The molecule has 0 bridgehead atoms. The number of nitrogens with two attached hydrogens (primary N) is 1. The maximum Gasteiger partial charge on any atom is 0.154 e. The molecule has 5 nitrogen and oxygen atoms in total. The molecule has 1 unspecified atom stereocenters. The van der Waals surface area contributed by atoms with Crippen LogP contribution in [-0.4, -0.2) is 9.97 Å². The molecule has 0 amide bonds. The van der Waals surface area contributed by atoms with Gasteiger partial charge in [0.05, 0.1) is 0 Å². The molecule has 1 atom stereocenters. The molecule has 1 aromatic carbocycles. The molecule has 0 aliphatic carbocycles. The molecule has 3 aromatic rings. The number of hydrogen-bond acceptors (Lipinski definition) is 5. The number of hydrazine groups is 1. The first-order chi connectivity index (χ1) is 9.67. The highest BCUT2D eigenvalue weighted by molar-refractivity contribution is 6.31. The van der Waals surface area contributed by atoms with Crippen molar-refractivity contribution in [3.8, 4) is 0 Å². The Labute approximate surface area is 120 Å². The summed E-state index contributed by atoms with van der Waals surface area (Å²) in [5.41, 5.74) is 4.41. The molecule has 0 radical (unpaired) electrons. The fraction of sp³-hybridized carbons (Fsp3) is 0.143. The zero-order valence-electron chi connectivity index (χ0n) is 10.8. The highest BCUT2D eigenvalue weighted by Crippen LogP contribution is 2.28.